The van der Waals surface area contributed by atoms with Crippen LogP contribution in [0.1, 0.15) is 25.7 Å². The zero-order valence-electron chi connectivity index (χ0n) is 17.7. The Morgan fingerprint density at radius 2 is 1.68 bits per heavy atom. The molecule has 0 saturated heterocycles. The van der Waals surface area contributed by atoms with Crippen LogP contribution in [-0.2, 0) is 19.1 Å². The van der Waals surface area contributed by atoms with E-state index in [1.165, 1.54) is 12.1 Å². The minimum absolute atomic E-state index is 0.0488. The Hall–Kier alpha value is -2.60. The molecule has 3 amide bonds. The van der Waals surface area contributed by atoms with Crippen LogP contribution in [0.25, 0.3) is 0 Å². The lowest BCUT2D eigenvalue weighted by atomic mass is 9.82. The van der Waals surface area contributed by atoms with Crippen molar-refractivity contribution in [2.24, 2.45) is 23.7 Å². The third-order valence-corrected chi connectivity index (χ3v) is 6.76. The van der Waals surface area contributed by atoms with Gasteiger partial charge in [0.1, 0.15) is 11.6 Å². The summed E-state index contributed by atoms with van der Waals surface area (Å²) in [5, 5.41) is 2.77. The molecule has 3 aliphatic carbocycles. The van der Waals surface area contributed by atoms with Gasteiger partial charge in [0.05, 0.1) is 11.1 Å². The van der Waals surface area contributed by atoms with Crippen LogP contribution in [0.2, 0.25) is 5.02 Å². The molecule has 1 aromatic rings. The highest BCUT2D eigenvalue weighted by molar-refractivity contribution is 6.30. The third kappa shape index (κ3) is 5.90. The maximum absolute atomic E-state index is 13.4. The fourth-order valence-corrected chi connectivity index (χ4v) is 4.82. The predicted molar refractivity (Wildman–Crippen MR) is 108 cm³/mol. The smallest absolute Gasteiger partial charge is 0.484 e. The largest absolute Gasteiger partial charge is 0.522 e. The number of carbonyl (C=O) groups is 3. The lowest BCUT2D eigenvalue weighted by Gasteiger charge is -2.34. The van der Waals surface area contributed by atoms with Crippen molar-refractivity contribution in [3.8, 4) is 5.75 Å². The fourth-order valence-electron chi connectivity index (χ4n) is 4.71. The van der Waals surface area contributed by atoms with Crippen molar-refractivity contribution < 1.29 is 41.4 Å². The number of hydrazine groups is 1. The highest BCUT2D eigenvalue weighted by Gasteiger charge is 2.59. The molecule has 13 heteroatoms. The minimum Gasteiger partial charge on any atom is -0.484 e. The summed E-state index contributed by atoms with van der Waals surface area (Å²) in [6.45, 7) is -0.293. The number of hydrogen-bond acceptors (Lipinski definition) is 5. The maximum atomic E-state index is 13.4. The molecule has 3 aliphatic rings. The van der Waals surface area contributed by atoms with Crippen LogP contribution in [0.15, 0.2) is 18.2 Å². The van der Waals surface area contributed by atoms with E-state index in [4.69, 9.17) is 16.3 Å². The zero-order chi connectivity index (χ0) is 24.6. The predicted octanol–water partition coefficient (Wildman–Crippen LogP) is 2.46. The van der Waals surface area contributed by atoms with E-state index in [1.807, 2.05) is 0 Å². The van der Waals surface area contributed by atoms with Crippen LogP contribution in [0.3, 0.4) is 0 Å². The summed E-state index contributed by atoms with van der Waals surface area (Å²) in [7, 11) is 0. The van der Waals surface area contributed by atoms with E-state index in [-0.39, 0.29) is 65.8 Å². The molecule has 0 aromatic heterocycles. The number of fused-ring (bicyclic) bond motifs is 1. The molecule has 34 heavy (non-hydrogen) atoms. The van der Waals surface area contributed by atoms with E-state index in [9.17, 15) is 31.9 Å². The summed E-state index contributed by atoms with van der Waals surface area (Å²) in [5.41, 5.74) is 4.60. The van der Waals surface area contributed by atoms with Gasteiger partial charge >= 0.3 is 6.36 Å². The second kappa shape index (κ2) is 9.57. The normalized spacial score (nSPS) is 29.4. The Bertz CT molecular complexity index is 960. The van der Waals surface area contributed by atoms with Crippen molar-refractivity contribution >= 4 is 29.3 Å². The van der Waals surface area contributed by atoms with Gasteiger partial charge < -0.3 is 10.1 Å². The van der Waals surface area contributed by atoms with Crippen LogP contribution >= 0.6 is 11.6 Å². The van der Waals surface area contributed by atoms with Gasteiger partial charge in [0.15, 0.2) is 6.61 Å². The average molecular weight is 508 g/mol. The van der Waals surface area contributed by atoms with Crippen molar-refractivity contribution in [3.05, 3.63) is 29.0 Å². The first-order chi connectivity index (χ1) is 16.0. The van der Waals surface area contributed by atoms with Gasteiger partial charge in [0.2, 0.25) is 11.8 Å². The SMILES string of the molecule is O=C(COc1ccc(Cl)c(F)c1)NC1C[C@@H]2C(C(=O)NNC(=O)C3CC(OC(F)(F)F)C3)[C@@H]2C1. The fraction of sp³-hybridized carbons (Fsp3) is 0.571. The maximum Gasteiger partial charge on any atom is 0.522 e. The molecule has 0 radical (unpaired) electrons. The Morgan fingerprint density at radius 1 is 1.03 bits per heavy atom. The molecule has 0 spiro atoms. The number of benzene rings is 1. The number of halogens is 5. The molecular formula is C21H22ClF4N3O5. The van der Waals surface area contributed by atoms with Crippen LogP contribution < -0.4 is 20.9 Å². The number of rotatable bonds is 7. The zero-order valence-corrected chi connectivity index (χ0v) is 18.4. The first-order valence-corrected chi connectivity index (χ1v) is 11.1. The minimum atomic E-state index is -4.73. The standard InChI is InChI=1S/C21H22ClF4N3O5/c22-15-2-1-11(7-16(15)23)33-8-17(30)27-10-5-13-14(6-10)18(13)20(32)29-28-19(31)9-3-12(4-9)34-21(24,25)26/h1-2,7,9-10,12-14,18H,3-6,8H2,(H,27,30)(H,28,31)(H,29,32)/t9?,10?,12?,13-,14+,18?. The van der Waals surface area contributed by atoms with E-state index in [2.05, 4.69) is 20.9 Å². The van der Waals surface area contributed by atoms with Crippen molar-refractivity contribution in [2.75, 3.05) is 6.61 Å². The van der Waals surface area contributed by atoms with E-state index < -0.39 is 30.1 Å². The molecule has 1 aromatic carbocycles. The van der Waals surface area contributed by atoms with Gasteiger partial charge in [0.25, 0.3) is 5.91 Å². The van der Waals surface area contributed by atoms with Gasteiger partial charge in [-0.15, -0.1) is 13.2 Å². The van der Waals surface area contributed by atoms with Gasteiger partial charge in [-0.25, -0.2) is 4.39 Å². The first-order valence-electron chi connectivity index (χ1n) is 10.7. The second-order valence-corrected chi connectivity index (χ2v) is 9.19. The summed E-state index contributed by atoms with van der Waals surface area (Å²) >= 11 is 5.59. The van der Waals surface area contributed by atoms with Crippen LogP contribution in [-0.4, -0.2) is 42.8 Å². The van der Waals surface area contributed by atoms with E-state index in [0.717, 1.165) is 6.07 Å². The van der Waals surface area contributed by atoms with E-state index in [1.54, 1.807) is 0 Å². The summed E-state index contributed by atoms with van der Waals surface area (Å²) in [6, 6.07) is 3.74. The molecule has 3 saturated carbocycles. The monoisotopic (exact) mass is 507 g/mol. The summed E-state index contributed by atoms with van der Waals surface area (Å²) in [6.07, 6.45) is -4.71. The molecule has 8 nitrogen and oxygen atoms in total. The molecular weight excluding hydrogens is 486 g/mol. The molecule has 186 valence electrons. The van der Waals surface area contributed by atoms with Crippen LogP contribution in [0, 0.1) is 29.5 Å². The number of ether oxygens (including phenoxy) is 2. The van der Waals surface area contributed by atoms with Gasteiger partial charge in [-0.3, -0.25) is 30.0 Å². The van der Waals surface area contributed by atoms with Gasteiger partial charge in [-0.2, -0.15) is 0 Å². The molecule has 2 unspecified atom stereocenters. The topological polar surface area (TPSA) is 106 Å². The van der Waals surface area contributed by atoms with Gasteiger partial charge in [0, 0.05) is 23.9 Å². The molecule has 4 rings (SSSR count). The average Bonchev–Trinajstić information content (AvgIpc) is 3.24. The molecule has 4 atom stereocenters. The third-order valence-electron chi connectivity index (χ3n) is 6.45. The molecule has 3 fully saturated rings. The van der Waals surface area contributed by atoms with Crippen molar-refractivity contribution in [2.45, 2.75) is 44.2 Å². The van der Waals surface area contributed by atoms with E-state index in [0.29, 0.717) is 12.8 Å². The summed E-state index contributed by atoms with van der Waals surface area (Å²) < 4.78 is 58.9. The second-order valence-electron chi connectivity index (χ2n) is 8.79. The Morgan fingerprint density at radius 3 is 2.29 bits per heavy atom. The number of carbonyl (C=O) groups excluding carboxylic acids is 3. The Labute approximate surface area is 196 Å². The van der Waals surface area contributed by atoms with Crippen molar-refractivity contribution in [1.82, 2.24) is 16.2 Å². The molecule has 0 aliphatic heterocycles. The highest BCUT2D eigenvalue weighted by Crippen LogP contribution is 2.57. The Balaban J connectivity index is 1.10. The number of nitrogens with one attached hydrogen (secondary N) is 3. The van der Waals surface area contributed by atoms with Crippen molar-refractivity contribution in [1.29, 1.82) is 0 Å². The lowest BCUT2D eigenvalue weighted by molar-refractivity contribution is -0.353. The number of hydrogen-bond donors (Lipinski definition) is 3. The van der Waals surface area contributed by atoms with Crippen LogP contribution in [0.5, 0.6) is 5.75 Å². The number of alkyl halides is 3. The van der Waals surface area contributed by atoms with Gasteiger partial charge in [-0.1, -0.05) is 11.6 Å². The summed E-state index contributed by atoms with van der Waals surface area (Å²) in [5.74, 6) is -2.54. The van der Waals surface area contributed by atoms with Gasteiger partial charge in [-0.05, 0) is 49.7 Å². The van der Waals surface area contributed by atoms with Crippen molar-refractivity contribution in [3.63, 3.8) is 0 Å². The first kappa shape index (κ1) is 24.5. The molecule has 0 bridgehead atoms. The number of amides is 3. The Kier molecular flexibility index (Phi) is 6.90. The summed E-state index contributed by atoms with van der Waals surface area (Å²) in [4.78, 5) is 36.3. The quantitative estimate of drug-likeness (QED) is 0.388. The molecule has 3 N–H and O–H groups in total. The van der Waals surface area contributed by atoms with Crippen LogP contribution in [0.4, 0.5) is 17.6 Å². The lowest BCUT2D eigenvalue weighted by Crippen LogP contribution is -2.50. The van der Waals surface area contributed by atoms with E-state index >= 15 is 0 Å². The highest BCUT2D eigenvalue weighted by atomic mass is 35.5. The molecule has 0 heterocycles.